The number of hydrogen-bond donors (Lipinski definition) is 3. The summed E-state index contributed by atoms with van der Waals surface area (Å²) in [7, 11) is 0. The van der Waals surface area contributed by atoms with E-state index in [0.717, 1.165) is 44.0 Å². The van der Waals surface area contributed by atoms with Crippen molar-refractivity contribution in [1.82, 2.24) is 15.2 Å². The van der Waals surface area contributed by atoms with Gasteiger partial charge in [0.25, 0.3) is 0 Å². The van der Waals surface area contributed by atoms with Crippen LogP contribution in [0.5, 0.6) is 0 Å². The molecule has 258 valence electrons. The molecule has 5 aromatic rings. The number of aliphatic hydroxyl groups is 1. The van der Waals surface area contributed by atoms with Crippen LogP contribution in [0.2, 0.25) is 0 Å². The largest absolute Gasteiger partial charge is 0.391 e. The predicted octanol–water partition coefficient (Wildman–Crippen LogP) is 6.84. The smallest absolute Gasteiger partial charge is 0.243 e. The fourth-order valence-corrected chi connectivity index (χ4v) is 9.43. The van der Waals surface area contributed by atoms with E-state index in [1.807, 2.05) is 99.9 Å². The van der Waals surface area contributed by atoms with Gasteiger partial charge < -0.3 is 21.1 Å². The number of rotatable bonds is 11. The fraction of sp³-hybridized carbons (Fsp3) is 0.293. The van der Waals surface area contributed by atoms with Crippen molar-refractivity contribution in [3.05, 3.63) is 148 Å². The van der Waals surface area contributed by atoms with E-state index in [-0.39, 0.29) is 24.8 Å². The molecule has 2 amide bonds. The van der Waals surface area contributed by atoms with Gasteiger partial charge in [-0.15, -0.1) is 23.1 Å². The van der Waals surface area contributed by atoms with Crippen LogP contribution in [0.25, 0.3) is 10.4 Å². The number of β-amino-alcohol motifs (C(OH)–C–C–N with tert-alkyl or cyclic N) is 1. The van der Waals surface area contributed by atoms with Gasteiger partial charge in [0.1, 0.15) is 6.04 Å². The number of carbonyl (C=O) groups excluding carboxylic acids is 2. The van der Waals surface area contributed by atoms with Crippen molar-refractivity contribution in [1.29, 1.82) is 0 Å². The molecule has 0 unspecified atom stereocenters. The van der Waals surface area contributed by atoms with E-state index < -0.39 is 27.7 Å². The van der Waals surface area contributed by atoms with Gasteiger partial charge in [-0.25, -0.2) is 4.98 Å². The molecule has 3 atom stereocenters. The Morgan fingerprint density at radius 1 is 0.940 bits per heavy atom. The van der Waals surface area contributed by atoms with Crippen LogP contribution in [-0.2, 0) is 20.9 Å². The van der Waals surface area contributed by atoms with Crippen molar-refractivity contribution in [3.63, 3.8) is 0 Å². The highest BCUT2D eigenvalue weighted by Gasteiger charge is 2.49. The number of nitrogens with two attached hydrogens (primary N) is 1. The number of nitrogens with zero attached hydrogens (tertiary/aromatic N) is 2. The van der Waals surface area contributed by atoms with Gasteiger partial charge in [-0.05, 0) is 61.1 Å². The third-order valence-corrected chi connectivity index (χ3v) is 12.4. The molecule has 1 aliphatic rings. The van der Waals surface area contributed by atoms with E-state index in [2.05, 4.69) is 52.8 Å². The van der Waals surface area contributed by atoms with E-state index in [1.165, 1.54) is 4.90 Å². The monoisotopic (exact) mass is 704 g/mol. The molecule has 0 aliphatic carbocycles. The number of thioether (sulfide) groups is 1. The first-order valence-electron chi connectivity index (χ1n) is 16.9. The quantitative estimate of drug-likeness (QED) is 0.130. The van der Waals surface area contributed by atoms with Crippen LogP contribution in [0.1, 0.15) is 53.8 Å². The normalized spacial score (nSPS) is 17.0. The first-order valence-corrected chi connectivity index (χ1v) is 18.6. The molecule has 9 heteroatoms. The topological polar surface area (TPSA) is 109 Å². The van der Waals surface area contributed by atoms with Crippen molar-refractivity contribution < 1.29 is 14.7 Å². The Kier molecular flexibility index (Phi) is 10.6. The van der Waals surface area contributed by atoms with Gasteiger partial charge in [-0.3, -0.25) is 9.59 Å². The highest BCUT2D eigenvalue weighted by Crippen LogP contribution is 2.54. The lowest BCUT2D eigenvalue weighted by atomic mass is 9.84. The van der Waals surface area contributed by atoms with Crippen molar-refractivity contribution in [3.8, 4) is 10.4 Å². The first-order chi connectivity index (χ1) is 24.0. The number of aryl methyl sites for hydroxylation is 2. The molecule has 7 nitrogen and oxygen atoms in total. The molecule has 0 saturated carbocycles. The lowest BCUT2D eigenvalue weighted by molar-refractivity contribution is -0.140. The maximum atomic E-state index is 14.3. The molecule has 4 aromatic carbocycles. The summed E-state index contributed by atoms with van der Waals surface area (Å²) in [5.74, 6) is -0.663. The van der Waals surface area contributed by atoms with Crippen LogP contribution in [0, 0.1) is 13.8 Å². The van der Waals surface area contributed by atoms with Crippen LogP contribution in [-0.4, -0.2) is 56.3 Å². The second-order valence-electron chi connectivity index (χ2n) is 13.5. The molecule has 1 fully saturated rings. The molecule has 1 aliphatic heterocycles. The number of amides is 2. The van der Waals surface area contributed by atoms with Gasteiger partial charge in [-0.2, -0.15) is 0 Å². The third kappa shape index (κ3) is 7.14. The molecule has 0 spiro atoms. The molecular formula is C41H44N4O3S2. The lowest BCUT2D eigenvalue weighted by Gasteiger charge is -2.44. The van der Waals surface area contributed by atoms with Crippen molar-refractivity contribution in [2.24, 2.45) is 5.73 Å². The van der Waals surface area contributed by atoms with Crippen LogP contribution in [0.4, 0.5) is 0 Å². The van der Waals surface area contributed by atoms with Crippen LogP contribution >= 0.6 is 23.1 Å². The number of aromatic nitrogens is 1. The lowest BCUT2D eigenvalue weighted by Crippen LogP contribution is -2.57. The molecule has 2 heterocycles. The number of hydrogen-bond acceptors (Lipinski definition) is 7. The molecule has 0 radical (unpaired) electrons. The van der Waals surface area contributed by atoms with Crippen LogP contribution in [0.3, 0.4) is 0 Å². The van der Waals surface area contributed by atoms with Gasteiger partial charge in [0.15, 0.2) is 0 Å². The Bertz CT molecular complexity index is 1830. The maximum absolute atomic E-state index is 14.3. The molecular weight excluding hydrogens is 661 g/mol. The molecule has 4 N–H and O–H groups in total. The predicted molar refractivity (Wildman–Crippen MR) is 204 cm³/mol. The Morgan fingerprint density at radius 3 is 2.00 bits per heavy atom. The second kappa shape index (κ2) is 14.9. The summed E-state index contributed by atoms with van der Waals surface area (Å²) in [5, 5.41) is 13.8. The van der Waals surface area contributed by atoms with Crippen molar-refractivity contribution >= 4 is 34.9 Å². The summed E-state index contributed by atoms with van der Waals surface area (Å²) in [5.41, 5.74) is 16.1. The van der Waals surface area contributed by atoms with Gasteiger partial charge in [0.2, 0.25) is 11.8 Å². The van der Waals surface area contributed by atoms with E-state index in [4.69, 9.17) is 5.73 Å². The number of likely N-dealkylation sites (tertiary alicyclic amines) is 1. The zero-order valence-corrected chi connectivity index (χ0v) is 30.5. The molecule has 1 aromatic heterocycles. The van der Waals surface area contributed by atoms with Gasteiger partial charge in [-0.1, -0.05) is 109 Å². The highest BCUT2D eigenvalue weighted by molar-refractivity contribution is 8.02. The zero-order chi connectivity index (χ0) is 35.5. The standard InChI is InChI=1S/C41H44N4O3S2/c1-27-22-29(36-28(2)44-26-49-36)20-21-30(27)24-43-38(47)35-23-34(46)25-45(35)39(48)37(42)40(3,4)50-41(31-14-8-5-9-15-31,32-16-10-6-11-17-32)33-18-12-7-13-19-33/h5-22,26,34-35,37,46H,23-25,42H2,1-4H3,(H,43,47)/t34-,35+,37-/m1/s1. The Labute approximate surface area is 303 Å². The van der Waals surface area contributed by atoms with E-state index in [1.54, 1.807) is 23.1 Å². The summed E-state index contributed by atoms with van der Waals surface area (Å²) in [6.07, 6.45) is -0.666. The van der Waals surface area contributed by atoms with Crippen LogP contribution < -0.4 is 11.1 Å². The molecule has 1 saturated heterocycles. The summed E-state index contributed by atoms with van der Waals surface area (Å²) in [6.45, 7) is 8.36. The summed E-state index contributed by atoms with van der Waals surface area (Å²) in [4.78, 5) is 35.0. The van der Waals surface area contributed by atoms with Crippen LogP contribution in [0.15, 0.2) is 115 Å². The summed E-state index contributed by atoms with van der Waals surface area (Å²) in [6, 6.07) is 35.2. The van der Waals surface area contributed by atoms with E-state index in [9.17, 15) is 14.7 Å². The number of thiazole rings is 1. The van der Waals surface area contributed by atoms with Crippen molar-refractivity contribution in [2.45, 2.75) is 68.3 Å². The zero-order valence-electron chi connectivity index (χ0n) is 28.9. The number of carbonyl (C=O) groups is 2. The van der Waals surface area contributed by atoms with Gasteiger partial charge in [0, 0.05) is 24.3 Å². The second-order valence-corrected chi connectivity index (χ2v) is 16.2. The summed E-state index contributed by atoms with van der Waals surface area (Å²) >= 11 is 3.24. The van der Waals surface area contributed by atoms with Crippen molar-refractivity contribution in [2.75, 3.05) is 6.54 Å². The molecule has 50 heavy (non-hydrogen) atoms. The highest BCUT2D eigenvalue weighted by atomic mass is 32.2. The minimum Gasteiger partial charge on any atom is -0.391 e. The van der Waals surface area contributed by atoms with E-state index in [0.29, 0.717) is 6.54 Å². The van der Waals surface area contributed by atoms with Gasteiger partial charge in [0.05, 0.1) is 33.0 Å². The number of aliphatic hydroxyl groups excluding tert-OH is 1. The van der Waals surface area contributed by atoms with Gasteiger partial charge >= 0.3 is 0 Å². The molecule has 0 bridgehead atoms. The average Bonchev–Trinajstić information content (AvgIpc) is 3.75. The maximum Gasteiger partial charge on any atom is 0.243 e. The number of nitrogens with one attached hydrogen (secondary N) is 1. The minimum atomic E-state index is -0.978. The minimum absolute atomic E-state index is 0.0501. The average molecular weight is 705 g/mol. The SMILES string of the molecule is Cc1cc(-c2scnc2C)ccc1CNC(=O)[C@@H]1C[C@@H](O)CN1C(=O)[C@@H](N)C(C)(C)SC(c1ccccc1)(c1ccccc1)c1ccccc1. The Morgan fingerprint density at radius 2 is 1.50 bits per heavy atom. The molecule has 6 rings (SSSR count). The summed E-state index contributed by atoms with van der Waals surface area (Å²) < 4.78 is -1.51. The fourth-order valence-electron chi connectivity index (χ4n) is 6.85. The Balaban J connectivity index is 1.24. The third-order valence-electron chi connectivity index (χ3n) is 9.64. The van der Waals surface area contributed by atoms with E-state index >= 15 is 0 Å². The Hall–Kier alpha value is -4.28. The first kappa shape index (κ1) is 35.5. The number of benzene rings is 4.